The van der Waals surface area contributed by atoms with E-state index in [1.807, 2.05) is 81.5 Å². The van der Waals surface area contributed by atoms with Crippen LogP contribution in [0.15, 0.2) is 48.7 Å². The molecule has 19 heavy (non-hydrogen) atoms. The van der Waals surface area contributed by atoms with E-state index in [9.17, 15) is 5.21 Å². The van der Waals surface area contributed by atoms with Crippen LogP contribution in [-0.2, 0) is 0 Å². The van der Waals surface area contributed by atoms with Crippen molar-refractivity contribution in [2.75, 3.05) is 14.1 Å². The summed E-state index contributed by atoms with van der Waals surface area (Å²) in [6, 6.07) is 10.1. The van der Waals surface area contributed by atoms with Gasteiger partial charge in [0.05, 0.1) is 0 Å². The Morgan fingerprint density at radius 3 is 2.37 bits per heavy atom. The van der Waals surface area contributed by atoms with E-state index in [2.05, 4.69) is 0 Å². The van der Waals surface area contributed by atoms with Crippen LogP contribution in [0.4, 0.5) is 0 Å². The van der Waals surface area contributed by atoms with Gasteiger partial charge in [0.25, 0.3) is 0 Å². The van der Waals surface area contributed by atoms with Gasteiger partial charge in [0.15, 0.2) is 5.54 Å². The summed E-state index contributed by atoms with van der Waals surface area (Å²) in [5.74, 6) is 0. The Bertz CT molecular complexity index is 551. The lowest BCUT2D eigenvalue weighted by Gasteiger charge is -2.22. The molecule has 0 radical (unpaired) electrons. The fraction of sp³-hybridized carbons (Fsp3) is 0.312. The topological polar surface area (TPSA) is 29.3 Å². The molecule has 3 heteroatoms. The number of benzene rings is 1. The van der Waals surface area contributed by atoms with Crippen LogP contribution in [0, 0.1) is 5.21 Å². The van der Waals surface area contributed by atoms with Crippen LogP contribution in [-0.4, -0.2) is 35.0 Å². The highest BCUT2D eigenvalue weighted by atomic mass is 16.5. The minimum atomic E-state index is -0.534. The van der Waals surface area contributed by atoms with Crippen LogP contribution in [0.3, 0.4) is 0 Å². The summed E-state index contributed by atoms with van der Waals surface area (Å²) in [5.41, 5.74) is 2.31. The number of hydrogen-bond donors (Lipinski definition) is 0. The van der Waals surface area contributed by atoms with Crippen molar-refractivity contribution in [3.8, 4) is 0 Å². The van der Waals surface area contributed by atoms with Gasteiger partial charge in [0.1, 0.15) is 0 Å². The zero-order chi connectivity index (χ0) is 14.0. The molecule has 1 heterocycles. The van der Waals surface area contributed by atoms with Crippen LogP contribution >= 0.6 is 0 Å². The van der Waals surface area contributed by atoms with Gasteiger partial charge in [-0.15, -0.1) is 0 Å². The minimum absolute atomic E-state index is 0.534. The first-order valence-corrected chi connectivity index (χ1v) is 6.39. The highest BCUT2D eigenvalue weighted by molar-refractivity contribution is 6.08. The molecule has 1 aliphatic heterocycles. The van der Waals surface area contributed by atoms with Crippen LogP contribution < -0.4 is 0 Å². The van der Waals surface area contributed by atoms with Crippen LogP contribution in [0.1, 0.15) is 19.4 Å². The average molecular weight is 256 g/mol. The Morgan fingerprint density at radius 1 is 1.16 bits per heavy atom. The Morgan fingerprint density at radius 2 is 1.79 bits per heavy atom. The van der Waals surface area contributed by atoms with E-state index in [-0.39, 0.29) is 0 Å². The molecule has 0 aromatic heterocycles. The predicted molar refractivity (Wildman–Crippen MR) is 80.0 cm³/mol. The number of nitrogens with zero attached hydrogens (tertiary/aromatic N) is 2. The van der Waals surface area contributed by atoms with Crippen LogP contribution in [0.5, 0.6) is 0 Å². The second-order valence-electron chi connectivity index (χ2n) is 5.48. The second-order valence-corrected chi connectivity index (χ2v) is 5.48. The second kappa shape index (κ2) is 4.92. The molecular weight excluding hydrogens is 236 g/mol. The Kier molecular flexibility index (Phi) is 3.47. The van der Waals surface area contributed by atoms with E-state index in [1.54, 1.807) is 0 Å². The van der Waals surface area contributed by atoms with Crippen molar-refractivity contribution in [3.63, 3.8) is 0 Å². The number of allylic oxidation sites excluding steroid dienone is 2. The largest absolute Gasteiger partial charge is 0.623 e. The third kappa shape index (κ3) is 2.55. The summed E-state index contributed by atoms with van der Waals surface area (Å²) < 4.78 is 1.08. The lowest BCUT2D eigenvalue weighted by atomic mass is 9.90. The molecule has 0 amide bonds. The molecule has 0 atom stereocenters. The van der Waals surface area contributed by atoms with E-state index in [0.717, 1.165) is 15.9 Å². The zero-order valence-electron chi connectivity index (χ0n) is 11.9. The van der Waals surface area contributed by atoms with Crippen LogP contribution in [0.25, 0.3) is 5.57 Å². The summed E-state index contributed by atoms with van der Waals surface area (Å²) >= 11 is 0. The molecule has 0 saturated carbocycles. The fourth-order valence-electron chi connectivity index (χ4n) is 2.21. The van der Waals surface area contributed by atoms with Crippen molar-refractivity contribution in [1.82, 2.24) is 4.90 Å². The van der Waals surface area contributed by atoms with Crippen molar-refractivity contribution >= 4 is 11.3 Å². The third-order valence-electron chi connectivity index (χ3n) is 3.32. The minimum Gasteiger partial charge on any atom is -0.623 e. The summed E-state index contributed by atoms with van der Waals surface area (Å²) in [7, 11) is 3.88. The summed E-state index contributed by atoms with van der Waals surface area (Å²) in [6.07, 6.45) is 5.72. The highest BCUT2D eigenvalue weighted by Gasteiger charge is 2.39. The Hall–Kier alpha value is -2.03. The normalized spacial score (nSPS) is 18.0. The maximum absolute atomic E-state index is 12.4. The van der Waals surface area contributed by atoms with Gasteiger partial charge in [-0.2, -0.15) is 4.74 Å². The maximum atomic E-state index is 12.4. The van der Waals surface area contributed by atoms with Gasteiger partial charge in [-0.1, -0.05) is 30.3 Å². The van der Waals surface area contributed by atoms with Crippen LogP contribution in [0.2, 0.25) is 0 Å². The molecule has 1 aromatic rings. The van der Waals surface area contributed by atoms with Crippen molar-refractivity contribution in [2.24, 2.45) is 0 Å². The first kappa shape index (κ1) is 13.4. The van der Waals surface area contributed by atoms with Gasteiger partial charge >= 0.3 is 0 Å². The fourth-order valence-corrected chi connectivity index (χ4v) is 2.21. The predicted octanol–water partition coefficient (Wildman–Crippen LogP) is 2.89. The lowest BCUT2D eigenvalue weighted by molar-refractivity contribution is -0.515. The molecule has 100 valence electrons. The number of hydroxylamine groups is 1. The van der Waals surface area contributed by atoms with Gasteiger partial charge in [-0.25, -0.2) is 0 Å². The molecule has 2 rings (SSSR count). The quantitative estimate of drug-likeness (QED) is 0.614. The third-order valence-corrected chi connectivity index (χ3v) is 3.32. The van der Waals surface area contributed by atoms with Crippen molar-refractivity contribution in [1.29, 1.82) is 0 Å². The molecule has 0 saturated heterocycles. The molecule has 1 aromatic carbocycles. The Labute approximate surface area is 114 Å². The molecule has 3 nitrogen and oxygen atoms in total. The summed E-state index contributed by atoms with van der Waals surface area (Å²) in [4.78, 5) is 1.92. The molecule has 0 unspecified atom stereocenters. The molecule has 1 aliphatic rings. The van der Waals surface area contributed by atoms with E-state index in [4.69, 9.17) is 0 Å². The first-order chi connectivity index (χ1) is 8.93. The lowest BCUT2D eigenvalue weighted by Crippen LogP contribution is -2.32. The SMILES string of the molecule is CN(C)/C=C/C1=[N+]([O-])C(C)(C)C(c2ccccc2)=C1. The summed E-state index contributed by atoms with van der Waals surface area (Å²) in [6.45, 7) is 3.91. The number of rotatable bonds is 3. The Balaban J connectivity index is 2.41. The van der Waals surface area contributed by atoms with Gasteiger partial charge in [0, 0.05) is 51.9 Å². The standard InChI is InChI=1S/C16H20N2O/c1-16(2)15(13-8-6-5-7-9-13)12-14(18(16)19)10-11-17(3)4/h5-12H,1-4H3/b11-10+. The van der Waals surface area contributed by atoms with E-state index in [1.165, 1.54) is 0 Å². The molecule has 0 bridgehead atoms. The maximum Gasteiger partial charge on any atom is 0.213 e. The van der Waals surface area contributed by atoms with Gasteiger partial charge in [-0.3, -0.25) is 0 Å². The first-order valence-electron chi connectivity index (χ1n) is 6.39. The molecule has 0 fully saturated rings. The van der Waals surface area contributed by atoms with Crippen molar-refractivity contribution < 1.29 is 4.74 Å². The molecule has 0 spiro atoms. The number of hydrogen-bond acceptors (Lipinski definition) is 2. The van der Waals surface area contributed by atoms with E-state index >= 15 is 0 Å². The molecule has 0 N–H and O–H groups in total. The van der Waals surface area contributed by atoms with Gasteiger partial charge in [0.2, 0.25) is 5.71 Å². The van der Waals surface area contributed by atoms with Crippen molar-refractivity contribution in [2.45, 2.75) is 19.4 Å². The van der Waals surface area contributed by atoms with E-state index in [0.29, 0.717) is 5.71 Å². The van der Waals surface area contributed by atoms with Gasteiger partial charge < -0.3 is 10.1 Å². The zero-order valence-corrected chi connectivity index (χ0v) is 11.9. The van der Waals surface area contributed by atoms with E-state index < -0.39 is 5.54 Å². The smallest absolute Gasteiger partial charge is 0.213 e. The average Bonchev–Trinajstić information content (AvgIpc) is 2.60. The molecule has 0 aliphatic carbocycles. The monoisotopic (exact) mass is 256 g/mol. The highest BCUT2D eigenvalue weighted by Crippen LogP contribution is 2.34. The van der Waals surface area contributed by atoms with Gasteiger partial charge in [-0.05, 0) is 5.56 Å². The van der Waals surface area contributed by atoms with Crippen molar-refractivity contribution in [3.05, 3.63) is 59.5 Å². The summed E-state index contributed by atoms with van der Waals surface area (Å²) in [5, 5.41) is 12.4. The molecular formula is C16H20N2O.